The zero-order valence-corrected chi connectivity index (χ0v) is 12.9. The van der Waals surface area contributed by atoms with Gasteiger partial charge >= 0.3 is 5.97 Å². The summed E-state index contributed by atoms with van der Waals surface area (Å²) in [6.45, 7) is 0. The van der Waals surface area contributed by atoms with Crippen molar-refractivity contribution in [3.05, 3.63) is 57.5 Å². The highest BCUT2D eigenvalue weighted by Gasteiger charge is 2.07. The van der Waals surface area contributed by atoms with Crippen LogP contribution in [-0.4, -0.2) is 11.1 Å². The first-order chi connectivity index (χ1) is 9.04. The minimum Gasteiger partial charge on any atom is -0.481 e. The lowest BCUT2D eigenvalue weighted by atomic mass is 10.1. The van der Waals surface area contributed by atoms with Crippen LogP contribution in [0.5, 0.6) is 0 Å². The predicted molar refractivity (Wildman–Crippen MR) is 81.1 cm³/mol. The van der Waals surface area contributed by atoms with E-state index in [1.165, 1.54) is 0 Å². The van der Waals surface area contributed by atoms with Crippen LogP contribution in [0.25, 0.3) is 0 Å². The Labute approximate surface area is 128 Å². The topological polar surface area (TPSA) is 37.3 Å². The van der Waals surface area contributed by atoms with Crippen LogP contribution >= 0.6 is 39.3 Å². The summed E-state index contributed by atoms with van der Waals surface area (Å²) in [6.07, 6.45) is 0.00952. The molecule has 2 nitrogen and oxygen atoms in total. The smallest absolute Gasteiger partial charge is 0.307 e. The average Bonchev–Trinajstić information content (AvgIpc) is 2.36. The Kier molecular flexibility index (Phi) is 4.91. The van der Waals surface area contributed by atoms with Crippen LogP contribution in [0.2, 0.25) is 5.02 Å². The second-order valence-corrected chi connectivity index (χ2v) is 6.32. The highest BCUT2D eigenvalue weighted by molar-refractivity contribution is 9.10. The maximum absolute atomic E-state index is 10.8. The van der Waals surface area contributed by atoms with E-state index in [0.29, 0.717) is 5.02 Å². The number of aliphatic carboxylic acids is 1. The highest BCUT2D eigenvalue weighted by atomic mass is 79.9. The molecule has 0 atom stereocenters. The van der Waals surface area contributed by atoms with Crippen molar-refractivity contribution < 1.29 is 9.90 Å². The van der Waals surface area contributed by atoms with Crippen LogP contribution in [0.1, 0.15) is 5.56 Å². The van der Waals surface area contributed by atoms with Gasteiger partial charge in [0, 0.05) is 19.3 Å². The van der Waals surface area contributed by atoms with E-state index in [1.807, 2.05) is 42.5 Å². The molecule has 5 heteroatoms. The van der Waals surface area contributed by atoms with E-state index >= 15 is 0 Å². The largest absolute Gasteiger partial charge is 0.481 e. The average molecular weight is 358 g/mol. The molecule has 0 aromatic heterocycles. The molecule has 0 aliphatic carbocycles. The highest BCUT2D eigenvalue weighted by Crippen LogP contribution is 2.31. The first-order valence-corrected chi connectivity index (χ1v) is 7.47. The summed E-state index contributed by atoms with van der Waals surface area (Å²) in [7, 11) is 0. The first-order valence-electron chi connectivity index (χ1n) is 5.48. The molecular weight excluding hydrogens is 348 g/mol. The van der Waals surface area contributed by atoms with E-state index in [-0.39, 0.29) is 6.42 Å². The summed E-state index contributed by atoms with van der Waals surface area (Å²) in [5.41, 5.74) is 0.770. The van der Waals surface area contributed by atoms with Crippen LogP contribution in [0, 0.1) is 0 Å². The molecule has 0 heterocycles. The van der Waals surface area contributed by atoms with Gasteiger partial charge in [-0.15, -0.1) is 0 Å². The van der Waals surface area contributed by atoms with Crippen molar-refractivity contribution in [1.29, 1.82) is 0 Å². The van der Waals surface area contributed by atoms with Gasteiger partial charge in [0.25, 0.3) is 0 Å². The molecule has 0 fully saturated rings. The normalized spacial score (nSPS) is 10.4. The van der Waals surface area contributed by atoms with Gasteiger partial charge in [-0.2, -0.15) is 0 Å². The van der Waals surface area contributed by atoms with Crippen molar-refractivity contribution in [3.8, 4) is 0 Å². The third-order valence-corrected chi connectivity index (χ3v) is 4.43. The van der Waals surface area contributed by atoms with E-state index in [4.69, 9.17) is 16.7 Å². The number of hydrogen-bond acceptors (Lipinski definition) is 2. The molecule has 0 spiro atoms. The summed E-state index contributed by atoms with van der Waals surface area (Å²) in [6, 6.07) is 13.3. The summed E-state index contributed by atoms with van der Waals surface area (Å²) in [5.74, 6) is -0.839. The van der Waals surface area contributed by atoms with Crippen molar-refractivity contribution in [2.24, 2.45) is 0 Å². The van der Waals surface area contributed by atoms with E-state index < -0.39 is 5.97 Å². The lowest BCUT2D eigenvalue weighted by Crippen LogP contribution is -2.00. The zero-order chi connectivity index (χ0) is 13.8. The molecular formula is C14H10BrClO2S. The summed E-state index contributed by atoms with van der Waals surface area (Å²) in [5, 5.41) is 9.56. The third-order valence-electron chi connectivity index (χ3n) is 2.41. The molecule has 2 aromatic carbocycles. The molecule has 0 aliphatic heterocycles. The zero-order valence-electron chi connectivity index (χ0n) is 9.77. The molecule has 0 saturated heterocycles. The first kappa shape index (κ1) is 14.4. The molecule has 0 saturated carbocycles. The minimum atomic E-state index is -0.839. The van der Waals surface area contributed by atoms with Crippen LogP contribution in [-0.2, 0) is 11.2 Å². The van der Waals surface area contributed by atoms with Crippen molar-refractivity contribution in [1.82, 2.24) is 0 Å². The number of benzene rings is 2. The molecule has 0 bridgehead atoms. The van der Waals surface area contributed by atoms with Gasteiger partial charge in [-0.1, -0.05) is 39.3 Å². The third kappa shape index (κ3) is 4.27. The summed E-state index contributed by atoms with van der Waals surface area (Å²) >= 11 is 10.8. The van der Waals surface area contributed by atoms with Gasteiger partial charge in [0.05, 0.1) is 6.42 Å². The fraction of sp³-hybridized carbons (Fsp3) is 0.0714. The van der Waals surface area contributed by atoms with E-state index in [2.05, 4.69) is 15.9 Å². The molecule has 1 N–H and O–H groups in total. The molecule has 0 radical (unpaired) electrons. The van der Waals surface area contributed by atoms with Crippen molar-refractivity contribution in [3.63, 3.8) is 0 Å². The molecule has 2 aromatic rings. The summed E-state index contributed by atoms with van der Waals surface area (Å²) < 4.78 is 0.815. The minimum absolute atomic E-state index is 0.00952. The summed E-state index contributed by atoms with van der Waals surface area (Å²) in [4.78, 5) is 12.9. The Bertz CT molecular complexity index is 599. The van der Waals surface area contributed by atoms with Crippen LogP contribution in [0.15, 0.2) is 56.7 Å². The Balaban J connectivity index is 2.21. The van der Waals surface area contributed by atoms with Gasteiger partial charge in [0.2, 0.25) is 0 Å². The van der Waals surface area contributed by atoms with Gasteiger partial charge in [0.15, 0.2) is 0 Å². The van der Waals surface area contributed by atoms with Gasteiger partial charge < -0.3 is 5.11 Å². The molecule has 2 rings (SSSR count). The van der Waals surface area contributed by atoms with Crippen molar-refractivity contribution >= 4 is 45.3 Å². The molecule has 0 aliphatic rings. The lowest BCUT2D eigenvalue weighted by molar-refractivity contribution is -0.136. The number of carboxylic acids is 1. The van der Waals surface area contributed by atoms with Crippen LogP contribution < -0.4 is 0 Å². The Morgan fingerprint density at radius 1 is 1.16 bits per heavy atom. The second-order valence-electron chi connectivity index (χ2n) is 3.88. The molecule has 0 unspecified atom stereocenters. The van der Waals surface area contributed by atoms with Crippen molar-refractivity contribution in [2.75, 3.05) is 0 Å². The van der Waals surface area contributed by atoms with Crippen LogP contribution in [0.4, 0.5) is 0 Å². The van der Waals surface area contributed by atoms with Crippen molar-refractivity contribution in [2.45, 2.75) is 16.2 Å². The molecule has 0 amide bonds. The number of rotatable bonds is 4. The fourth-order valence-electron chi connectivity index (χ4n) is 1.55. The predicted octanol–water partition coefficient (Wildman–Crippen LogP) is 4.88. The number of carboxylic acid groups (broad SMARTS) is 1. The van der Waals surface area contributed by atoms with Gasteiger partial charge in [0.1, 0.15) is 0 Å². The number of halogens is 2. The maximum Gasteiger partial charge on any atom is 0.307 e. The standard InChI is InChI=1S/C14H10BrClO2S/c15-13-6-5-12(7-9(13)8-14(17)18)19-11-3-1-10(16)2-4-11/h1-7H,8H2,(H,17,18). The molecule has 98 valence electrons. The molecule has 19 heavy (non-hydrogen) atoms. The van der Waals surface area contributed by atoms with E-state index in [0.717, 1.165) is 19.8 Å². The van der Waals surface area contributed by atoms with E-state index in [1.54, 1.807) is 11.8 Å². The Hall–Kier alpha value is -0.970. The maximum atomic E-state index is 10.8. The van der Waals surface area contributed by atoms with Gasteiger partial charge in [-0.25, -0.2) is 0 Å². The number of hydrogen-bond donors (Lipinski definition) is 1. The monoisotopic (exact) mass is 356 g/mol. The van der Waals surface area contributed by atoms with E-state index in [9.17, 15) is 4.79 Å². The Morgan fingerprint density at radius 2 is 1.79 bits per heavy atom. The van der Waals surface area contributed by atoms with Crippen LogP contribution in [0.3, 0.4) is 0 Å². The lowest BCUT2D eigenvalue weighted by Gasteiger charge is -2.06. The SMILES string of the molecule is O=C(O)Cc1cc(Sc2ccc(Cl)cc2)ccc1Br. The van der Waals surface area contributed by atoms with Gasteiger partial charge in [-0.05, 0) is 48.0 Å². The number of carbonyl (C=O) groups is 1. The fourth-order valence-corrected chi connectivity index (χ4v) is 2.95. The Morgan fingerprint density at radius 3 is 2.42 bits per heavy atom. The van der Waals surface area contributed by atoms with Gasteiger partial charge in [-0.3, -0.25) is 4.79 Å². The second kappa shape index (κ2) is 6.46. The quantitative estimate of drug-likeness (QED) is 0.847.